The average molecular weight is 134 g/mol. The Morgan fingerprint density at radius 3 is 1.56 bits per heavy atom. The molecule has 0 amide bonds. The Morgan fingerprint density at radius 2 is 1.56 bits per heavy atom. The van der Waals surface area contributed by atoms with E-state index in [0.29, 0.717) is 6.54 Å². The maximum absolute atomic E-state index is 8.24. The lowest BCUT2D eigenvalue weighted by molar-refractivity contribution is 0.203. The molecule has 0 aromatic carbocycles. The van der Waals surface area contributed by atoms with Crippen LogP contribution in [0.25, 0.3) is 0 Å². The van der Waals surface area contributed by atoms with Crippen LogP contribution >= 0.6 is 0 Å². The zero-order valence-corrected chi connectivity index (χ0v) is 6.76. The summed E-state index contributed by atoms with van der Waals surface area (Å²) < 4.78 is 0. The SMILES string of the molecule is CC(O)CN.CN(C)C. The molecule has 0 radical (unpaired) electrons. The highest BCUT2D eigenvalue weighted by molar-refractivity contribution is 4.40. The first-order chi connectivity index (χ1) is 4.00. The number of nitrogens with zero attached hydrogens (tertiary/aromatic N) is 1. The fraction of sp³-hybridized carbons (Fsp3) is 1.00. The topological polar surface area (TPSA) is 49.5 Å². The Bertz CT molecular complexity index is 43.6. The van der Waals surface area contributed by atoms with Crippen molar-refractivity contribution in [1.29, 1.82) is 0 Å². The summed E-state index contributed by atoms with van der Waals surface area (Å²) in [4.78, 5) is 2.00. The average Bonchev–Trinajstić information content (AvgIpc) is 1.65. The second-order valence-electron chi connectivity index (χ2n) is 2.43. The van der Waals surface area contributed by atoms with E-state index in [1.165, 1.54) is 0 Å². The van der Waals surface area contributed by atoms with Crippen LogP contribution < -0.4 is 5.73 Å². The number of nitrogens with two attached hydrogens (primary N) is 1. The van der Waals surface area contributed by atoms with Crippen molar-refractivity contribution in [2.75, 3.05) is 27.7 Å². The molecule has 58 valence electrons. The van der Waals surface area contributed by atoms with Crippen molar-refractivity contribution in [2.24, 2.45) is 5.73 Å². The number of aliphatic hydroxyl groups excluding tert-OH is 1. The lowest BCUT2D eigenvalue weighted by atomic mass is 10.4. The maximum atomic E-state index is 8.24. The predicted octanol–water partition coefficient (Wildman–Crippen LogP) is -0.496. The highest BCUT2D eigenvalue weighted by Crippen LogP contribution is 1.65. The summed E-state index contributed by atoms with van der Waals surface area (Å²) in [5.74, 6) is 0. The Balaban J connectivity index is 0. The van der Waals surface area contributed by atoms with Gasteiger partial charge in [0.05, 0.1) is 6.10 Å². The standard InChI is InChI=1S/C3H9NO.C3H9N/c1-3(5)2-4;1-4(2)3/h3,5H,2,4H2,1H3;1-3H3. The van der Waals surface area contributed by atoms with Crippen molar-refractivity contribution in [3.05, 3.63) is 0 Å². The van der Waals surface area contributed by atoms with Crippen molar-refractivity contribution in [3.8, 4) is 0 Å². The lowest BCUT2D eigenvalue weighted by Crippen LogP contribution is -2.14. The van der Waals surface area contributed by atoms with E-state index in [1.807, 2.05) is 26.0 Å². The molecule has 0 aliphatic heterocycles. The molecule has 0 aromatic heterocycles. The molecular formula is C6H18N2O. The van der Waals surface area contributed by atoms with E-state index in [9.17, 15) is 0 Å². The fourth-order valence-electron chi connectivity index (χ4n) is 0. The van der Waals surface area contributed by atoms with E-state index in [-0.39, 0.29) is 6.10 Å². The maximum Gasteiger partial charge on any atom is 0.0634 e. The van der Waals surface area contributed by atoms with E-state index in [1.54, 1.807) is 6.92 Å². The van der Waals surface area contributed by atoms with E-state index < -0.39 is 0 Å². The van der Waals surface area contributed by atoms with Crippen LogP contribution in [0.3, 0.4) is 0 Å². The summed E-state index contributed by atoms with van der Waals surface area (Å²) in [7, 11) is 6.00. The first-order valence-corrected chi connectivity index (χ1v) is 2.99. The minimum atomic E-state index is -0.338. The molecule has 0 fully saturated rings. The van der Waals surface area contributed by atoms with Crippen molar-refractivity contribution < 1.29 is 5.11 Å². The van der Waals surface area contributed by atoms with Crippen LogP contribution in [0.5, 0.6) is 0 Å². The summed E-state index contributed by atoms with van der Waals surface area (Å²) in [6, 6.07) is 0. The molecular weight excluding hydrogens is 116 g/mol. The van der Waals surface area contributed by atoms with Crippen molar-refractivity contribution in [2.45, 2.75) is 13.0 Å². The third-order valence-electron chi connectivity index (χ3n) is 0.341. The van der Waals surface area contributed by atoms with Crippen molar-refractivity contribution in [3.63, 3.8) is 0 Å². The predicted molar refractivity (Wildman–Crippen MR) is 40.3 cm³/mol. The highest BCUT2D eigenvalue weighted by atomic mass is 16.3. The van der Waals surface area contributed by atoms with Gasteiger partial charge in [-0.15, -0.1) is 0 Å². The van der Waals surface area contributed by atoms with Crippen LogP contribution in [0.4, 0.5) is 0 Å². The molecule has 3 nitrogen and oxygen atoms in total. The Hall–Kier alpha value is -0.120. The zero-order valence-electron chi connectivity index (χ0n) is 6.76. The highest BCUT2D eigenvalue weighted by Gasteiger charge is 1.81. The molecule has 0 spiro atoms. The molecule has 0 heterocycles. The van der Waals surface area contributed by atoms with Crippen LogP contribution in [0.1, 0.15) is 6.92 Å². The third kappa shape index (κ3) is 77.1. The van der Waals surface area contributed by atoms with Gasteiger partial charge in [-0.05, 0) is 28.1 Å². The van der Waals surface area contributed by atoms with Gasteiger partial charge in [-0.1, -0.05) is 0 Å². The summed E-state index contributed by atoms with van der Waals surface area (Å²) >= 11 is 0. The van der Waals surface area contributed by atoms with Crippen LogP contribution in [0.2, 0.25) is 0 Å². The quantitative estimate of drug-likeness (QED) is 0.508. The normalized spacial score (nSPS) is 12.3. The molecule has 0 rings (SSSR count). The number of hydrogen-bond acceptors (Lipinski definition) is 3. The van der Waals surface area contributed by atoms with E-state index in [2.05, 4.69) is 0 Å². The van der Waals surface area contributed by atoms with Gasteiger partial charge in [0.2, 0.25) is 0 Å². The molecule has 0 saturated carbocycles. The van der Waals surface area contributed by atoms with Crippen LogP contribution in [0.15, 0.2) is 0 Å². The van der Waals surface area contributed by atoms with Gasteiger partial charge in [0.1, 0.15) is 0 Å². The molecule has 0 aliphatic rings. The first-order valence-electron chi connectivity index (χ1n) is 2.99. The second kappa shape index (κ2) is 7.88. The van der Waals surface area contributed by atoms with Crippen molar-refractivity contribution >= 4 is 0 Å². The molecule has 3 N–H and O–H groups in total. The molecule has 3 heteroatoms. The number of rotatable bonds is 1. The van der Waals surface area contributed by atoms with Gasteiger partial charge in [0, 0.05) is 6.54 Å². The molecule has 1 atom stereocenters. The molecule has 9 heavy (non-hydrogen) atoms. The number of hydrogen-bond donors (Lipinski definition) is 2. The molecule has 0 saturated heterocycles. The zero-order chi connectivity index (χ0) is 7.86. The van der Waals surface area contributed by atoms with E-state index in [0.717, 1.165) is 0 Å². The van der Waals surface area contributed by atoms with E-state index in [4.69, 9.17) is 10.8 Å². The second-order valence-corrected chi connectivity index (χ2v) is 2.43. The minimum Gasteiger partial charge on any atom is -0.392 e. The monoisotopic (exact) mass is 134 g/mol. The van der Waals surface area contributed by atoms with Crippen LogP contribution in [0, 0.1) is 0 Å². The van der Waals surface area contributed by atoms with Gasteiger partial charge in [-0.3, -0.25) is 0 Å². The fourth-order valence-corrected chi connectivity index (χ4v) is 0. The van der Waals surface area contributed by atoms with Gasteiger partial charge in [0.15, 0.2) is 0 Å². The molecule has 0 aliphatic carbocycles. The van der Waals surface area contributed by atoms with Crippen LogP contribution in [-0.2, 0) is 0 Å². The molecule has 0 aromatic rings. The van der Waals surface area contributed by atoms with Crippen molar-refractivity contribution in [1.82, 2.24) is 4.90 Å². The Kier molecular flexibility index (Phi) is 10.2. The summed E-state index contributed by atoms with van der Waals surface area (Å²) in [6.07, 6.45) is -0.338. The molecule has 1 unspecified atom stereocenters. The minimum absolute atomic E-state index is 0.338. The smallest absolute Gasteiger partial charge is 0.0634 e. The van der Waals surface area contributed by atoms with Crippen LogP contribution in [-0.4, -0.2) is 43.8 Å². The van der Waals surface area contributed by atoms with Gasteiger partial charge >= 0.3 is 0 Å². The van der Waals surface area contributed by atoms with Gasteiger partial charge < -0.3 is 15.7 Å². The van der Waals surface area contributed by atoms with Gasteiger partial charge in [-0.25, -0.2) is 0 Å². The Morgan fingerprint density at radius 1 is 1.44 bits per heavy atom. The Labute approximate surface area is 57.5 Å². The van der Waals surface area contributed by atoms with Gasteiger partial charge in [-0.2, -0.15) is 0 Å². The summed E-state index contributed by atoms with van der Waals surface area (Å²) in [6.45, 7) is 2.01. The van der Waals surface area contributed by atoms with Gasteiger partial charge in [0.25, 0.3) is 0 Å². The van der Waals surface area contributed by atoms with E-state index >= 15 is 0 Å². The summed E-state index contributed by atoms with van der Waals surface area (Å²) in [5, 5.41) is 8.24. The lowest BCUT2D eigenvalue weighted by Gasteiger charge is -1.91. The summed E-state index contributed by atoms with van der Waals surface area (Å²) in [5.41, 5.74) is 4.92. The first kappa shape index (κ1) is 11.6. The largest absolute Gasteiger partial charge is 0.392 e. The third-order valence-corrected chi connectivity index (χ3v) is 0.341. The molecule has 0 bridgehead atoms. The number of aliphatic hydroxyl groups is 1.